The summed E-state index contributed by atoms with van der Waals surface area (Å²) in [6.07, 6.45) is 3.23. The van der Waals surface area contributed by atoms with Crippen LogP contribution in [0.5, 0.6) is 0 Å². The standard InChI is InChI=1S/C19H22N4/c1-14-18(23-9-4-3-5-19(23)21-14)12-20-17-7-6-15-8-10-22(2)13-16(15)11-17/h3-7,9,11,20H,8,10,12-13H2,1-2H3. The molecule has 3 aromatic rings. The zero-order valence-corrected chi connectivity index (χ0v) is 13.7. The number of pyridine rings is 1. The quantitative estimate of drug-likeness (QED) is 0.806. The van der Waals surface area contributed by atoms with Crippen LogP contribution in [0.25, 0.3) is 5.65 Å². The van der Waals surface area contributed by atoms with Crippen molar-refractivity contribution in [3.8, 4) is 0 Å². The molecular weight excluding hydrogens is 284 g/mol. The van der Waals surface area contributed by atoms with E-state index in [-0.39, 0.29) is 0 Å². The number of fused-ring (bicyclic) bond motifs is 2. The minimum Gasteiger partial charge on any atom is -0.379 e. The molecule has 0 radical (unpaired) electrons. The molecule has 0 spiro atoms. The van der Waals surface area contributed by atoms with Gasteiger partial charge in [0.05, 0.1) is 17.9 Å². The Kier molecular flexibility index (Phi) is 3.54. The van der Waals surface area contributed by atoms with E-state index in [0.717, 1.165) is 37.4 Å². The Labute approximate surface area is 136 Å². The number of hydrogen-bond acceptors (Lipinski definition) is 3. The van der Waals surface area contributed by atoms with E-state index in [1.54, 1.807) is 0 Å². The molecule has 118 valence electrons. The summed E-state index contributed by atoms with van der Waals surface area (Å²) in [6, 6.07) is 12.9. The number of aryl methyl sites for hydroxylation is 1. The van der Waals surface area contributed by atoms with Crippen molar-refractivity contribution < 1.29 is 0 Å². The maximum absolute atomic E-state index is 4.62. The van der Waals surface area contributed by atoms with Gasteiger partial charge in [0.1, 0.15) is 5.65 Å². The fraction of sp³-hybridized carbons (Fsp3) is 0.316. The topological polar surface area (TPSA) is 32.6 Å². The third kappa shape index (κ3) is 2.70. The number of nitrogens with one attached hydrogen (secondary N) is 1. The summed E-state index contributed by atoms with van der Waals surface area (Å²) < 4.78 is 2.16. The summed E-state index contributed by atoms with van der Waals surface area (Å²) in [5, 5.41) is 3.57. The molecule has 1 aliphatic rings. The SMILES string of the molecule is Cc1nc2ccccn2c1CNc1ccc2c(c1)CN(C)CC2. The van der Waals surface area contributed by atoms with Crippen molar-refractivity contribution in [1.82, 2.24) is 14.3 Å². The van der Waals surface area contributed by atoms with Gasteiger partial charge in [0.2, 0.25) is 0 Å². The van der Waals surface area contributed by atoms with Crippen LogP contribution in [0.1, 0.15) is 22.5 Å². The van der Waals surface area contributed by atoms with Crippen LogP contribution < -0.4 is 5.32 Å². The molecule has 0 aliphatic carbocycles. The van der Waals surface area contributed by atoms with E-state index < -0.39 is 0 Å². The van der Waals surface area contributed by atoms with Crippen LogP contribution in [-0.2, 0) is 19.5 Å². The molecule has 4 heteroatoms. The fourth-order valence-electron chi connectivity index (χ4n) is 3.37. The van der Waals surface area contributed by atoms with Gasteiger partial charge in [-0.05, 0) is 55.8 Å². The molecule has 4 rings (SSSR count). The van der Waals surface area contributed by atoms with Gasteiger partial charge >= 0.3 is 0 Å². The summed E-state index contributed by atoms with van der Waals surface area (Å²) >= 11 is 0. The number of anilines is 1. The van der Waals surface area contributed by atoms with Crippen LogP contribution in [0.4, 0.5) is 5.69 Å². The van der Waals surface area contributed by atoms with Crippen molar-refractivity contribution in [2.75, 3.05) is 18.9 Å². The van der Waals surface area contributed by atoms with Crippen LogP contribution in [0.2, 0.25) is 0 Å². The van der Waals surface area contributed by atoms with Crippen molar-refractivity contribution in [3.05, 3.63) is 65.1 Å². The van der Waals surface area contributed by atoms with Gasteiger partial charge in [0.25, 0.3) is 0 Å². The Morgan fingerprint density at radius 1 is 1.17 bits per heavy atom. The lowest BCUT2D eigenvalue weighted by molar-refractivity contribution is 0.313. The van der Waals surface area contributed by atoms with Gasteiger partial charge in [0, 0.05) is 25.0 Å². The third-order valence-corrected chi connectivity index (χ3v) is 4.70. The van der Waals surface area contributed by atoms with Gasteiger partial charge in [-0.1, -0.05) is 12.1 Å². The molecule has 3 heterocycles. The Morgan fingerprint density at radius 3 is 3.00 bits per heavy atom. The van der Waals surface area contributed by atoms with Gasteiger partial charge in [-0.2, -0.15) is 0 Å². The number of aromatic nitrogens is 2. The van der Waals surface area contributed by atoms with Crippen LogP contribution in [-0.4, -0.2) is 27.9 Å². The maximum atomic E-state index is 4.62. The fourth-order valence-corrected chi connectivity index (χ4v) is 3.37. The number of nitrogens with zero attached hydrogens (tertiary/aromatic N) is 3. The highest BCUT2D eigenvalue weighted by atomic mass is 15.1. The molecule has 1 aromatic carbocycles. The van der Waals surface area contributed by atoms with Crippen LogP contribution in [0.3, 0.4) is 0 Å². The van der Waals surface area contributed by atoms with E-state index in [1.807, 2.05) is 18.2 Å². The number of imidazole rings is 1. The summed E-state index contributed by atoms with van der Waals surface area (Å²) in [5.41, 5.74) is 7.42. The normalized spacial score (nSPS) is 14.9. The molecule has 0 saturated heterocycles. The minimum absolute atomic E-state index is 0.783. The van der Waals surface area contributed by atoms with E-state index in [9.17, 15) is 0 Å². The summed E-state index contributed by atoms with van der Waals surface area (Å²) in [6.45, 7) is 5.05. The first-order valence-corrected chi connectivity index (χ1v) is 8.17. The highest BCUT2D eigenvalue weighted by molar-refractivity contribution is 5.50. The van der Waals surface area contributed by atoms with Gasteiger partial charge in [0.15, 0.2) is 0 Å². The Bertz CT molecular complexity index is 850. The molecule has 4 nitrogen and oxygen atoms in total. The smallest absolute Gasteiger partial charge is 0.137 e. The van der Waals surface area contributed by atoms with Crippen molar-refractivity contribution in [2.45, 2.75) is 26.4 Å². The first kappa shape index (κ1) is 14.3. The largest absolute Gasteiger partial charge is 0.379 e. The van der Waals surface area contributed by atoms with Gasteiger partial charge < -0.3 is 14.6 Å². The second kappa shape index (κ2) is 5.70. The minimum atomic E-state index is 0.783. The summed E-state index contributed by atoms with van der Waals surface area (Å²) in [7, 11) is 2.19. The van der Waals surface area contributed by atoms with Crippen molar-refractivity contribution >= 4 is 11.3 Å². The Morgan fingerprint density at radius 2 is 2.09 bits per heavy atom. The molecule has 23 heavy (non-hydrogen) atoms. The van der Waals surface area contributed by atoms with Crippen molar-refractivity contribution in [3.63, 3.8) is 0 Å². The highest BCUT2D eigenvalue weighted by Gasteiger charge is 2.13. The predicted molar refractivity (Wildman–Crippen MR) is 93.7 cm³/mol. The number of benzene rings is 1. The van der Waals surface area contributed by atoms with Gasteiger partial charge in [-0.15, -0.1) is 0 Å². The zero-order valence-electron chi connectivity index (χ0n) is 13.7. The summed E-state index contributed by atoms with van der Waals surface area (Å²) in [4.78, 5) is 7.00. The number of rotatable bonds is 3. The lowest BCUT2D eigenvalue weighted by Crippen LogP contribution is -2.26. The van der Waals surface area contributed by atoms with Crippen LogP contribution >= 0.6 is 0 Å². The first-order valence-electron chi connectivity index (χ1n) is 8.17. The highest BCUT2D eigenvalue weighted by Crippen LogP contribution is 2.22. The molecule has 0 fully saturated rings. The van der Waals surface area contributed by atoms with E-state index >= 15 is 0 Å². The predicted octanol–water partition coefficient (Wildman–Crippen LogP) is 3.24. The van der Waals surface area contributed by atoms with Gasteiger partial charge in [-0.25, -0.2) is 4.98 Å². The molecule has 0 amide bonds. The Balaban J connectivity index is 1.57. The number of hydrogen-bond donors (Lipinski definition) is 1. The average Bonchev–Trinajstić information content (AvgIpc) is 2.87. The van der Waals surface area contributed by atoms with Gasteiger partial charge in [-0.3, -0.25) is 0 Å². The van der Waals surface area contributed by atoms with E-state index in [1.165, 1.54) is 22.5 Å². The molecule has 2 aromatic heterocycles. The van der Waals surface area contributed by atoms with E-state index in [0.29, 0.717) is 0 Å². The lowest BCUT2D eigenvalue weighted by Gasteiger charge is -2.25. The summed E-state index contributed by atoms with van der Waals surface area (Å²) in [5.74, 6) is 0. The molecule has 0 unspecified atom stereocenters. The molecule has 1 aliphatic heterocycles. The zero-order chi connectivity index (χ0) is 15.8. The molecular formula is C19H22N4. The molecule has 0 saturated carbocycles. The second-order valence-electron chi connectivity index (χ2n) is 6.40. The van der Waals surface area contributed by atoms with E-state index in [4.69, 9.17) is 0 Å². The first-order chi connectivity index (χ1) is 11.2. The molecule has 0 atom stereocenters. The third-order valence-electron chi connectivity index (χ3n) is 4.70. The number of likely N-dealkylation sites (N-methyl/N-ethyl adjacent to an activating group) is 1. The maximum Gasteiger partial charge on any atom is 0.137 e. The van der Waals surface area contributed by atoms with Crippen molar-refractivity contribution in [1.29, 1.82) is 0 Å². The molecule has 1 N–H and O–H groups in total. The van der Waals surface area contributed by atoms with Crippen molar-refractivity contribution in [2.24, 2.45) is 0 Å². The Hall–Kier alpha value is -2.33. The van der Waals surface area contributed by atoms with Crippen LogP contribution in [0, 0.1) is 6.92 Å². The van der Waals surface area contributed by atoms with Crippen LogP contribution in [0.15, 0.2) is 42.6 Å². The lowest BCUT2D eigenvalue weighted by atomic mass is 9.99. The molecule has 0 bridgehead atoms. The average molecular weight is 306 g/mol. The second-order valence-corrected chi connectivity index (χ2v) is 6.40. The monoisotopic (exact) mass is 306 g/mol. The van der Waals surface area contributed by atoms with E-state index in [2.05, 4.69) is 58.0 Å².